The Morgan fingerprint density at radius 3 is 2.42 bits per heavy atom. The Labute approximate surface area is 113 Å². The summed E-state index contributed by atoms with van der Waals surface area (Å²) < 4.78 is 0. The van der Waals surface area contributed by atoms with Gasteiger partial charge in [-0.05, 0) is 30.0 Å². The molecule has 5 nitrogen and oxygen atoms in total. The van der Waals surface area contributed by atoms with E-state index in [-0.39, 0.29) is 6.04 Å². The molecule has 0 aromatic heterocycles. The molecule has 8 N–H and O–H groups in total. The summed E-state index contributed by atoms with van der Waals surface area (Å²) in [5.74, 6) is -0.989. The number of carboxylic acid groups (broad SMARTS) is 1. The second-order valence-electron chi connectivity index (χ2n) is 4.78. The molecule has 0 amide bonds. The van der Waals surface area contributed by atoms with Gasteiger partial charge in [0.15, 0.2) is 0 Å². The molecule has 19 heavy (non-hydrogen) atoms. The van der Waals surface area contributed by atoms with Gasteiger partial charge < -0.3 is 22.3 Å². The largest absolute Gasteiger partial charge is 0.480 e. The predicted octanol–water partition coefficient (Wildman–Crippen LogP) is 0.177. The van der Waals surface area contributed by atoms with E-state index in [1.54, 1.807) is 0 Å². The number of rotatable bonds is 6. The zero-order chi connectivity index (χ0) is 14.4. The zero-order valence-corrected chi connectivity index (χ0v) is 11.2. The third kappa shape index (κ3) is 5.21. The lowest BCUT2D eigenvalue weighted by Crippen LogP contribution is -2.45. The van der Waals surface area contributed by atoms with E-state index >= 15 is 0 Å². The first-order valence-corrected chi connectivity index (χ1v) is 6.21. The summed E-state index contributed by atoms with van der Waals surface area (Å²) in [6.07, 6.45) is 3.06. The minimum atomic E-state index is -0.989. The number of hydrogen-bond donors (Lipinski definition) is 4. The summed E-state index contributed by atoms with van der Waals surface area (Å²) in [4.78, 5) is 10.7. The average Bonchev–Trinajstić information content (AvgIpc) is 2.36. The van der Waals surface area contributed by atoms with Gasteiger partial charge in [0.1, 0.15) is 6.04 Å². The molecule has 0 bridgehead atoms. The molecule has 0 spiro atoms. The van der Waals surface area contributed by atoms with Crippen molar-refractivity contribution in [1.82, 2.24) is 0 Å². The van der Waals surface area contributed by atoms with E-state index in [4.69, 9.17) is 16.6 Å². The van der Waals surface area contributed by atoms with Crippen molar-refractivity contribution in [2.24, 2.45) is 11.5 Å². The average molecular weight is 264 g/mol. The molecule has 1 aromatic carbocycles. The molecule has 0 radical (unpaired) electrons. The summed E-state index contributed by atoms with van der Waals surface area (Å²) in [5, 5.41) is 8.75. The molecule has 0 fully saturated rings. The van der Waals surface area contributed by atoms with Gasteiger partial charge in [-0.1, -0.05) is 24.3 Å². The van der Waals surface area contributed by atoms with Crippen molar-refractivity contribution in [2.75, 3.05) is 0 Å². The molecule has 0 saturated heterocycles. The van der Waals surface area contributed by atoms with Crippen LogP contribution in [0, 0.1) is 0 Å². The fourth-order valence-electron chi connectivity index (χ4n) is 1.71. The highest BCUT2D eigenvalue weighted by Gasteiger charge is 2.12. The summed E-state index contributed by atoms with van der Waals surface area (Å²) in [5.41, 5.74) is 18.3. The van der Waals surface area contributed by atoms with Crippen LogP contribution in [0.25, 0.3) is 0 Å². The lowest BCUT2D eigenvalue weighted by Gasteiger charge is -2.11. The van der Waals surface area contributed by atoms with E-state index in [1.807, 2.05) is 37.3 Å². The highest BCUT2D eigenvalue weighted by atomic mass is 16.4. The lowest BCUT2D eigenvalue weighted by atomic mass is 10.00. The molecule has 2 unspecified atom stereocenters. The third-order valence-electron chi connectivity index (χ3n) is 2.90. The molecule has 5 heteroatoms. The van der Waals surface area contributed by atoms with Crippen LogP contribution in [0.4, 0.5) is 0 Å². The van der Waals surface area contributed by atoms with Crippen LogP contribution in [0.3, 0.4) is 0 Å². The van der Waals surface area contributed by atoms with Crippen LogP contribution in [0.2, 0.25) is 0 Å². The Morgan fingerprint density at radius 2 is 1.95 bits per heavy atom. The van der Waals surface area contributed by atoms with Crippen molar-refractivity contribution in [3.63, 3.8) is 0 Å². The first-order chi connectivity index (χ1) is 8.90. The van der Waals surface area contributed by atoms with Crippen molar-refractivity contribution < 1.29 is 15.6 Å². The van der Waals surface area contributed by atoms with Gasteiger partial charge in [0, 0.05) is 13.0 Å². The Bertz CT molecular complexity index is 450. The van der Waals surface area contributed by atoms with Crippen molar-refractivity contribution in [1.29, 1.82) is 0 Å². The van der Waals surface area contributed by atoms with Gasteiger partial charge in [0.2, 0.25) is 0 Å². The first-order valence-electron chi connectivity index (χ1n) is 6.21. The van der Waals surface area contributed by atoms with Crippen molar-refractivity contribution in [2.45, 2.75) is 31.8 Å². The SMILES string of the molecule is CC([NH3+])=CCC(N)c1ccc(CC(N)C(=O)O)cc1. The molecule has 1 rings (SSSR count). The minimum Gasteiger partial charge on any atom is -0.480 e. The molecular weight excluding hydrogens is 242 g/mol. The molecule has 0 aliphatic heterocycles. The van der Waals surface area contributed by atoms with Gasteiger partial charge in [-0.15, -0.1) is 0 Å². The highest BCUT2D eigenvalue weighted by molar-refractivity contribution is 5.73. The van der Waals surface area contributed by atoms with Gasteiger partial charge in [-0.2, -0.15) is 0 Å². The van der Waals surface area contributed by atoms with Crippen LogP contribution in [0.15, 0.2) is 36.0 Å². The van der Waals surface area contributed by atoms with Crippen LogP contribution in [-0.2, 0) is 11.2 Å². The normalized spacial score (nSPS) is 15.1. The Kier molecular flexibility index (Phi) is 5.69. The number of hydrogen-bond acceptors (Lipinski definition) is 3. The van der Waals surface area contributed by atoms with Crippen LogP contribution in [0.5, 0.6) is 0 Å². The minimum absolute atomic E-state index is 0.0705. The van der Waals surface area contributed by atoms with Crippen molar-refractivity contribution in [3.05, 3.63) is 47.2 Å². The van der Waals surface area contributed by atoms with Crippen LogP contribution in [-0.4, -0.2) is 17.1 Å². The van der Waals surface area contributed by atoms with E-state index in [1.165, 1.54) is 0 Å². The highest BCUT2D eigenvalue weighted by Crippen LogP contribution is 2.16. The fourth-order valence-corrected chi connectivity index (χ4v) is 1.71. The molecule has 104 valence electrons. The number of aliphatic carboxylic acids is 1. The fraction of sp³-hybridized carbons (Fsp3) is 0.357. The summed E-state index contributed by atoms with van der Waals surface area (Å²) in [6, 6.07) is 6.65. The Hall–Kier alpha value is -1.69. The first kappa shape index (κ1) is 15.4. The van der Waals surface area contributed by atoms with Crippen LogP contribution < -0.4 is 17.2 Å². The van der Waals surface area contributed by atoms with Gasteiger partial charge in [0.05, 0.1) is 5.70 Å². The second kappa shape index (κ2) is 7.04. The van der Waals surface area contributed by atoms with Crippen molar-refractivity contribution in [3.8, 4) is 0 Å². The summed E-state index contributed by atoms with van der Waals surface area (Å²) in [6.45, 7) is 1.93. The maximum atomic E-state index is 10.7. The second-order valence-corrected chi connectivity index (χ2v) is 4.78. The van der Waals surface area contributed by atoms with E-state index in [2.05, 4.69) is 5.73 Å². The predicted molar refractivity (Wildman–Crippen MR) is 73.9 cm³/mol. The molecule has 2 atom stereocenters. The maximum absolute atomic E-state index is 10.7. The smallest absolute Gasteiger partial charge is 0.320 e. The van der Waals surface area contributed by atoms with Gasteiger partial charge in [-0.25, -0.2) is 0 Å². The monoisotopic (exact) mass is 264 g/mol. The number of allylic oxidation sites excluding steroid dienone is 1. The summed E-state index contributed by atoms with van der Waals surface area (Å²) >= 11 is 0. The number of quaternary nitrogens is 1. The summed E-state index contributed by atoms with van der Waals surface area (Å²) in [7, 11) is 0. The van der Waals surface area contributed by atoms with Gasteiger partial charge in [0.25, 0.3) is 0 Å². The van der Waals surface area contributed by atoms with E-state index in [0.29, 0.717) is 6.42 Å². The molecule has 0 heterocycles. The number of carbonyl (C=O) groups is 1. The van der Waals surface area contributed by atoms with Crippen LogP contribution in [0.1, 0.15) is 30.5 Å². The molecule has 0 aliphatic rings. The number of nitrogens with two attached hydrogens (primary N) is 2. The molecule has 0 saturated carbocycles. The van der Waals surface area contributed by atoms with Gasteiger partial charge in [-0.3, -0.25) is 4.79 Å². The van der Waals surface area contributed by atoms with E-state index < -0.39 is 12.0 Å². The third-order valence-corrected chi connectivity index (χ3v) is 2.90. The number of benzene rings is 1. The zero-order valence-electron chi connectivity index (χ0n) is 11.2. The van der Waals surface area contributed by atoms with Crippen molar-refractivity contribution >= 4 is 5.97 Å². The standard InChI is InChI=1S/C14H21N3O2/c1-9(15)2-7-12(16)11-5-3-10(4-6-11)8-13(17)14(18)19/h2-6,12-13H,7-8,15-17H2,1H3,(H,18,19)/p+1. The van der Waals surface area contributed by atoms with E-state index in [9.17, 15) is 4.79 Å². The van der Waals surface area contributed by atoms with Crippen LogP contribution >= 0.6 is 0 Å². The number of carboxylic acids is 1. The Balaban J connectivity index is 2.65. The van der Waals surface area contributed by atoms with E-state index in [0.717, 1.165) is 23.2 Å². The lowest BCUT2D eigenvalue weighted by molar-refractivity contribution is -0.302. The Morgan fingerprint density at radius 1 is 1.37 bits per heavy atom. The molecule has 1 aromatic rings. The molecule has 0 aliphatic carbocycles. The van der Waals surface area contributed by atoms with Gasteiger partial charge >= 0.3 is 5.97 Å². The quantitative estimate of drug-likeness (QED) is 0.586. The molecular formula is C14H22N3O2+. The maximum Gasteiger partial charge on any atom is 0.320 e. The topological polar surface area (TPSA) is 117 Å².